The van der Waals surface area contributed by atoms with Crippen molar-refractivity contribution in [3.05, 3.63) is 36.0 Å². The van der Waals surface area contributed by atoms with Gasteiger partial charge in [0.15, 0.2) is 5.96 Å². The van der Waals surface area contributed by atoms with E-state index in [1.807, 2.05) is 24.3 Å². The Morgan fingerprint density at radius 2 is 2.15 bits per heavy atom. The molecule has 0 saturated heterocycles. The number of ether oxygens (including phenoxy) is 1. The number of guanidine groups is 1. The van der Waals surface area contributed by atoms with Crippen molar-refractivity contribution < 1.29 is 9.53 Å². The summed E-state index contributed by atoms with van der Waals surface area (Å²) in [5, 5.41) is 8.40. The molecule has 0 atom stereocenters. The second kappa shape index (κ2) is 6.93. The predicted molar refractivity (Wildman–Crippen MR) is 80.4 cm³/mol. The maximum Gasteiger partial charge on any atom is 0.277 e. The fraction of sp³-hybridized carbons (Fsp3) is 0.231. The Hall–Kier alpha value is -2.05. The van der Waals surface area contributed by atoms with Gasteiger partial charge in [-0.1, -0.05) is 18.2 Å². The fourth-order valence-corrected chi connectivity index (χ4v) is 1.85. The smallest absolute Gasteiger partial charge is 0.277 e. The van der Waals surface area contributed by atoms with Crippen molar-refractivity contribution in [2.24, 2.45) is 5.73 Å². The molecule has 0 bridgehead atoms. The summed E-state index contributed by atoms with van der Waals surface area (Å²) < 4.78 is 4.91. The number of benzene rings is 1. The summed E-state index contributed by atoms with van der Waals surface area (Å²) in [6.07, 6.45) is 0. The van der Waals surface area contributed by atoms with Crippen LogP contribution in [0.4, 0.5) is 0 Å². The average Bonchev–Trinajstić information content (AvgIpc) is 2.82. The highest BCUT2D eigenvalue weighted by molar-refractivity contribution is 6.05. The molecule has 1 heterocycles. The van der Waals surface area contributed by atoms with Gasteiger partial charge in [-0.2, -0.15) is 0 Å². The zero-order valence-electron chi connectivity index (χ0n) is 11.1. The van der Waals surface area contributed by atoms with Crippen molar-refractivity contribution in [3.8, 4) is 0 Å². The van der Waals surface area contributed by atoms with E-state index in [-0.39, 0.29) is 30.8 Å². The topological polar surface area (TPSA) is 95.2 Å². The second-order valence-corrected chi connectivity index (χ2v) is 4.11. The molecular weight excluding hydrogens is 280 g/mol. The van der Waals surface area contributed by atoms with Crippen LogP contribution in [0.1, 0.15) is 10.5 Å². The molecule has 2 aromatic rings. The minimum atomic E-state index is -0.333. The molecule has 0 radical (unpaired) electrons. The molecule has 6 nitrogen and oxygen atoms in total. The van der Waals surface area contributed by atoms with Crippen LogP contribution in [0.2, 0.25) is 0 Å². The number of rotatable bonds is 4. The monoisotopic (exact) mass is 296 g/mol. The molecule has 2 rings (SSSR count). The lowest BCUT2D eigenvalue weighted by Gasteiger charge is -2.19. The van der Waals surface area contributed by atoms with E-state index < -0.39 is 0 Å². The Balaban J connectivity index is 0.00000200. The molecule has 20 heavy (non-hydrogen) atoms. The molecule has 7 heteroatoms. The van der Waals surface area contributed by atoms with Crippen molar-refractivity contribution in [3.63, 3.8) is 0 Å². The number of nitrogens with two attached hydrogens (primary N) is 1. The van der Waals surface area contributed by atoms with Crippen LogP contribution in [0.5, 0.6) is 0 Å². The van der Waals surface area contributed by atoms with Gasteiger partial charge in [0.2, 0.25) is 0 Å². The number of halogens is 1. The minimum absolute atomic E-state index is 0. The summed E-state index contributed by atoms with van der Waals surface area (Å²) in [5.74, 6) is -0.624. The van der Waals surface area contributed by atoms with Gasteiger partial charge in [0.25, 0.3) is 5.91 Å². The summed E-state index contributed by atoms with van der Waals surface area (Å²) in [6.45, 7) is 0.575. The number of carbonyl (C=O) groups excluding carboxylic acids is 1. The van der Waals surface area contributed by atoms with Crippen molar-refractivity contribution in [2.75, 3.05) is 20.3 Å². The molecule has 0 saturated carbocycles. The molecule has 0 aliphatic carbocycles. The normalized spacial score (nSPS) is 10.1. The van der Waals surface area contributed by atoms with Gasteiger partial charge in [0.1, 0.15) is 5.69 Å². The molecule has 108 valence electrons. The molecule has 1 aromatic heterocycles. The molecule has 4 N–H and O–H groups in total. The average molecular weight is 297 g/mol. The Labute approximate surface area is 122 Å². The molecule has 0 aliphatic rings. The summed E-state index contributed by atoms with van der Waals surface area (Å²) in [7, 11) is 1.53. The number of methoxy groups -OCH3 is 1. The summed E-state index contributed by atoms with van der Waals surface area (Å²) in [5.41, 5.74) is 6.71. The number of hydrogen-bond acceptors (Lipinski definition) is 3. The molecule has 0 fully saturated rings. The van der Waals surface area contributed by atoms with Crippen LogP contribution in [-0.4, -0.2) is 42.0 Å². The lowest BCUT2D eigenvalue weighted by molar-refractivity contribution is 0.0801. The van der Waals surface area contributed by atoms with E-state index in [2.05, 4.69) is 4.98 Å². The Kier molecular flexibility index (Phi) is 5.54. The number of amides is 1. The van der Waals surface area contributed by atoms with E-state index >= 15 is 0 Å². The number of aromatic amines is 1. The van der Waals surface area contributed by atoms with Gasteiger partial charge in [-0.3, -0.25) is 15.1 Å². The van der Waals surface area contributed by atoms with Crippen molar-refractivity contribution in [1.82, 2.24) is 9.88 Å². The number of fused-ring (bicyclic) bond motifs is 1. The van der Waals surface area contributed by atoms with Gasteiger partial charge in [-0.25, -0.2) is 0 Å². The third-order valence-corrected chi connectivity index (χ3v) is 2.82. The number of hydrogen-bond donors (Lipinski definition) is 3. The van der Waals surface area contributed by atoms with Gasteiger partial charge < -0.3 is 15.5 Å². The third-order valence-electron chi connectivity index (χ3n) is 2.82. The Morgan fingerprint density at radius 1 is 1.45 bits per heavy atom. The Bertz CT molecular complexity index is 578. The molecule has 1 aromatic carbocycles. The third kappa shape index (κ3) is 3.28. The summed E-state index contributed by atoms with van der Waals surface area (Å²) in [4.78, 5) is 16.5. The van der Waals surface area contributed by atoms with E-state index in [0.717, 1.165) is 10.9 Å². The maximum atomic E-state index is 12.3. The number of H-pyrrole nitrogens is 1. The second-order valence-electron chi connectivity index (χ2n) is 4.11. The standard InChI is InChI=1S/C13H16N4O2.ClH/c1-19-7-6-17(13(14)15)12(18)11-8-9-4-2-3-5-10(9)16-11;/h2-5,8,16H,6-7H2,1H3,(H3,14,15);1H. The number of carbonyl (C=O) groups is 1. The van der Waals surface area contributed by atoms with Crippen LogP contribution in [0, 0.1) is 5.41 Å². The lowest BCUT2D eigenvalue weighted by Crippen LogP contribution is -2.43. The van der Waals surface area contributed by atoms with E-state index in [1.165, 1.54) is 12.0 Å². The quantitative estimate of drug-likeness (QED) is 0.590. The first-order valence-corrected chi connectivity index (χ1v) is 5.86. The molecule has 1 amide bonds. The molecule has 0 aliphatic heterocycles. The van der Waals surface area contributed by atoms with Crippen LogP contribution in [-0.2, 0) is 4.74 Å². The van der Waals surface area contributed by atoms with Crippen molar-refractivity contribution in [2.45, 2.75) is 0 Å². The highest BCUT2D eigenvalue weighted by atomic mass is 35.5. The van der Waals surface area contributed by atoms with Gasteiger partial charge in [-0.15, -0.1) is 12.4 Å². The van der Waals surface area contributed by atoms with Gasteiger partial charge in [0.05, 0.1) is 13.2 Å². The summed E-state index contributed by atoms with van der Waals surface area (Å²) in [6, 6.07) is 9.34. The van der Waals surface area contributed by atoms with Gasteiger partial charge in [0, 0.05) is 18.0 Å². The first-order valence-electron chi connectivity index (χ1n) is 5.86. The highest BCUT2D eigenvalue weighted by Gasteiger charge is 2.19. The number of nitrogens with zero attached hydrogens (tertiary/aromatic N) is 1. The first-order chi connectivity index (χ1) is 9.13. The zero-order valence-corrected chi connectivity index (χ0v) is 11.9. The van der Waals surface area contributed by atoms with Crippen molar-refractivity contribution in [1.29, 1.82) is 5.41 Å². The van der Waals surface area contributed by atoms with Gasteiger partial charge >= 0.3 is 0 Å². The van der Waals surface area contributed by atoms with Crippen molar-refractivity contribution >= 4 is 35.2 Å². The fourth-order valence-electron chi connectivity index (χ4n) is 1.85. The zero-order chi connectivity index (χ0) is 13.8. The van der Waals surface area contributed by atoms with E-state index in [0.29, 0.717) is 12.3 Å². The Morgan fingerprint density at radius 3 is 2.75 bits per heavy atom. The van der Waals surface area contributed by atoms with Crippen LogP contribution in [0.25, 0.3) is 10.9 Å². The molecule has 0 spiro atoms. The van der Waals surface area contributed by atoms with Gasteiger partial charge in [-0.05, 0) is 12.1 Å². The highest BCUT2D eigenvalue weighted by Crippen LogP contribution is 2.15. The van der Waals surface area contributed by atoms with E-state index in [9.17, 15) is 4.79 Å². The van der Waals surface area contributed by atoms with Crippen LogP contribution >= 0.6 is 12.4 Å². The SMILES string of the molecule is COCCN(C(=N)N)C(=O)c1cc2ccccc2[nH]1.Cl. The number of para-hydroxylation sites is 1. The van der Waals surface area contributed by atoms with Crippen LogP contribution in [0.15, 0.2) is 30.3 Å². The first kappa shape index (κ1) is 16.0. The molecular formula is C13H17ClN4O2. The van der Waals surface area contributed by atoms with Crippen LogP contribution in [0.3, 0.4) is 0 Å². The maximum absolute atomic E-state index is 12.3. The number of aromatic nitrogens is 1. The van der Waals surface area contributed by atoms with Crippen LogP contribution < -0.4 is 5.73 Å². The van der Waals surface area contributed by atoms with E-state index in [1.54, 1.807) is 6.07 Å². The lowest BCUT2D eigenvalue weighted by atomic mass is 10.2. The minimum Gasteiger partial charge on any atom is -0.383 e. The predicted octanol–water partition coefficient (Wildman–Crippen LogP) is 1.57. The summed E-state index contributed by atoms with van der Waals surface area (Å²) >= 11 is 0. The number of nitrogens with one attached hydrogen (secondary N) is 2. The van der Waals surface area contributed by atoms with E-state index in [4.69, 9.17) is 15.9 Å². The molecule has 0 unspecified atom stereocenters. The largest absolute Gasteiger partial charge is 0.383 e.